The number of nitrogens with one attached hydrogen (secondary N) is 3. The standard InChI is InChI=1S/C21H26N6O2/c1-15-11-22-12-17(25-15)19(29)27-24-14-20-6-4-7-21(13-20,9-8-20)26-18(28)16-5-2-3-10-23-16/h2-3,5,10-12,24H,4,6-9,13-14H2,1H3,(H,26,28)(H,27,29). The molecule has 2 heterocycles. The van der Waals surface area contributed by atoms with E-state index in [0.29, 0.717) is 23.6 Å². The van der Waals surface area contributed by atoms with Gasteiger partial charge in [0.1, 0.15) is 11.4 Å². The average Bonchev–Trinajstić information content (AvgIpc) is 2.98. The molecule has 2 aliphatic carbocycles. The maximum atomic E-state index is 12.6. The van der Waals surface area contributed by atoms with Gasteiger partial charge in [-0.1, -0.05) is 12.5 Å². The van der Waals surface area contributed by atoms with Gasteiger partial charge in [0.15, 0.2) is 0 Å². The molecule has 0 spiro atoms. The number of carbonyl (C=O) groups is 2. The molecule has 3 N–H and O–H groups in total. The lowest BCUT2D eigenvalue weighted by molar-refractivity contribution is 0.0840. The number of hydrazine groups is 1. The third kappa shape index (κ3) is 4.27. The zero-order chi connectivity index (χ0) is 20.3. The van der Waals surface area contributed by atoms with Crippen LogP contribution in [0.2, 0.25) is 0 Å². The average molecular weight is 394 g/mol. The number of amides is 2. The molecule has 0 radical (unpaired) electrons. The van der Waals surface area contributed by atoms with Crippen LogP contribution in [0.4, 0.5) is 0 Å². The monoisotopic (exact) mass is 394 g/mol. The topological polar surface area (TPSA) is 109 Å². The molecular formula is C21H26N6O2. The molecule has 8 nitrogen and oxygen atoms in total. The molecule has 8 heteroatoms. The summed E-state index contributed by atoms with van der Waals surface area (Å²) in [6.07, 6.45) is 10.7. The minimum absolute atomic E-state index is 0.0706. The van der Waals surface area contributed by atoms with Gasteiger partial charge in [-0.05, 0) is 56.6 Å². The summed E-state index contributed by atoms with van der Waals surface area (Å²) in [4.78, 5) is 37.3. The number of nitrogens with zero attached hydrogens (tertiary/aromatic N) is 3. The molecule has 2 unspecified atom stereocenters. The maximum absolute atomic E-state index is 12.6. The van der Waals surface area contributed by atoms with Gasteiger partial charge in [0.25, 0.3) is 11.8 Å². The number of carbonyl (C=O) groups excluding carboxylic acids is 2. The highest BCUT2D eigenvalue weighted by molar-refractivity contribution is 5.93. The van der Waals surface area contributed by atoms with E-state index in [4.69, 9.17) is 0 Å². The molecule has 0 saturated heterocycles. The molecule has 4 rings (SSSR count). The smallest absolute Gasteiger partial charge is 0.285 e. The molecule has 2 aromatic rings. The summed E-state index contributed by atoms with van der Waals surface area (Å²) in [7, 11) is 0. The van der Waals surface area contributed by atoms with Gasteiger partial charge >= 0.3 is 0 Å². The van der Waals surface area contributed by atoms with Crippen LogP contribution in [-0.2, 0) is 0 Å². The van der Waals surface area contributed by atoms with Crippen LogP contribution in [0, 0.1) is 12.3 Å². The Morgan fingerprint density at radius 2 is 1.97 bits per heavy atom. The molecule has 2 fully saturated rings. The van der Waals surface area contributed by atoms with Crippen molar-refractivity contribution in [1.82, 2.24) is 31.1 Å². The van der Waals surface area contributed by atoms with Gasteiger partial charge < -0.3 is 5.32 Å². The van der Waals surface area contributed by atoms with Crippen LogP contribution in [0.5, 0.6) is 0 Å². The summed E-state index contributed by atoms with van der Waals surface area (Å²) >= 11 is 0. The fourth-order valence-electron chi connectivity index (χ4n) is 4.79. The molecule has 2 saturated carbocycles. The summed E-state index contributed by atoms with van der Waals surface area (Å²) in [5, 5.41) is 3.26. The van der Waals surface area contributed by atoms with E-state index in [1.807, 2.05) is 6.07 Å². The van der Waals surface area contributed by atoms with Gasteiger partial charge in [0, 0.05) is 24.5 Å². The number of aryl methyl sites for hydroxylation is 1. The Labute approximate surface area is 169 Å². The van der Waals surface area contributed by atoms with E-state index >= 15 is 0 Å². The SMILES string of the molecule is Cc1cncc(C(=O)NNCC23CCCC(NC(=O)c4ccccn4)(CC2)C3)n1. The van der Waals surface area contributed by atoms with Crippen molar-refractivity contribution in [2.45, 2.75) is 51.0 Å². The predicted octanol–water partition coefficient (Wildman–Crippen LogP) is 1.94. The Kier molecular flexibility index (Phi) is 5.27. The molecule has 29 heavy (non-hydrogen) atoms. The van der Waals surface area contributed by atoms with Crippen LogP contribution in [-0.4, -0.2) is 38.8 Å². The Balaban J connectivity index is 1.34. The molecular weight excluding hydrogens is 368 g/mol. The maximum Gasteiger partial charge on any atom is 0.285 e. The molecule has 2 aromatic heterocycles. The Morgan fingerprint density at radius 3 is 2.76 bits per heavy atom. The number of aromatic nitrogens is 3. The highest BCUT2D eigenvalue weighted by atomic mass is 16.2. The van der Waals surface area contributed by atoms with Crippen LogP contribution in [0.15, 0.2) is 36.8 Å². The predicted molar refractivity (Wildman–Crippen MR) is 107 cm³/mol. The Bertz CT molecular complexity index is 905. The largest absolute Gasteiger partial charge is 0.345 e. The molecule has 2 atom stereocenters. The first kappa shape index (κ1) is 19.4. The lowest BCUT2D eigenvalue weighted by Gasteiger charge is -2.40. The number of pyridine rings is 1. The van der Waals surface area contributed by atoms with Crippen molar-refractivity contribution in [2.75, 3.05) is 6.54 Å². The van der Waals surface area contributed by atoms with Gasteiger partial charge in [-0.25, -0.2) is 10.4 Å². The summed E-state index contributed by atoms with van der Waals surface area (Å²) < 4.78 is 0. The lowest BCUT2D eigenvalue weighted by Crippen LogP contribution is -2.51. The van der Waals surface area contributed by atoms with Crippen molar-refractivity contribution in [3.05, 3.63) is 53.9 Å². The minimum Gasteiger partial charge on any atom is -0.345 e. The Morgan fingerprint density at radius 1 is 1.07 bits per heavy atom. The second kappa shape index (κ2) is 7.87. The van der Waals surface area contributed by atoms with Crippen molar-refractivity contribution in [3.8, 4) is 0 Å². The van der Waals surface area contributed by atoms with E-state index in [1.54, 1.807) is 31.5 Å². The molecule has 0 aromatic carbocycles. The molecule has 152 valence electrons. The van der Waals surface area contributed by atoms with Crippen molar-refractivity contribution in [1.29, 1.82) is 0 Å². The number of rotatable bonds is 6. The minimum atomic E-state index is -0.291. The zero-order valence-electron chi connectivity index (χ0n) is 16.6. The highest BCUT2D eigenvalue weighted by Crippen LogP contribution is 2.53. The second-order valence-electron chi connectivity index (χ2n) is 8.33. The molecule has 2 amide bonds. The van der Waals surface area contributed by atoms with E-state index < -0.39 is 0 Å². The summed E-state index contributed by atoms with van der Waals surface area (Å²) in [5.74, 6) is -0.399. The normalized spacial score (nSPS) is 25.4. The fraction of sp³-hybridized carbons (Fsp3) is 0.476. The van der Waals surface area contributed by atoms with Gasteiger partial charge in [-0.3, -0.25) is 25.0 Å². The van der Waals surface area contributed by atoms with Gasteiger partial charge in [-0.15, -0.1) is 0 Å². The number of hydrogen-bond acceptors (Lipinski definition) is 6. The van der Waals surface area contributed by atoms with E-state index in [0.717, 1.165) is 38.5 Å². The first-order valence-corrected chi connectivity index (χ1v) is 10.0. The lowest BCUT2D eigenvalue weighted by atomic mass is 9.73. The van der Waals surface area contributed by atoms with Crippen LogP contribution in [0.25, 0.3) is 0 Å². The second-order valence-corrected chi connectivity index (χ2v) is 8.33. The Hall–Kier alpha value is -2.87. The molecule has 2 bridgehead atoms. The zero-order valence-corrected chi connectivity index (χ0v) is 16.6. The number of hydrogen-bond donors (Lipinski definition) is 3. The first-order chi connectivity index (χ1) is 14.0. The third-order valence-electron chi connectivity index (χ3n) is 6.14. The summed E-state index contributed by atoms with van der Waals surface area (Å²) in [5.41, 5.74) is 7.18. The quantitative estimate of drug-likeness (QED) is 0.646. The van der Waals surface area contributed by atoms with Crippen molar-refractivity contribution >= 4 is 11.8 Å². The van der Waals surface area contributed by atoms with Crippen LogP contribution < -0.4 is 16.2 Å². The van der Waals surface area contributed by atoms with Crippen molar-refractivity contribution < 1.29 is 9.59 Å². The first-order valence-electron chi connectivity index (χ1n) is 10.0. The van der Waals surface area contributed by atoms with Crippen LogP contribution >= 0.6 is 0 Å². The van der Waals surface area contributed by atoms with Gasteiger partial charge in [0.2, 0.25) is 0 Å². The van der Waals surface area contributed by atoms with E-state index in [2.05, 4.69) is 31.1 Å². The van der Waals surface area contributed by atoms with Gasteiger partial charge in [0.05, 0.1) is 11.9 Å². The van der Waals surface area contributed by atoms with E-state index in [9.17, 15) is 9.59 Å². The van der Waals surface area contributed by atoms with Crippen LogP contribution in [0.3, 0.4) is 0 Å². The fourth-order valence-corrected chi connectivity index (χ4v) is 4.79. The van der Waals surface area contributed by atoms with Crippen molar-refractivity contribution in [2.24, 2.45) is 5.41 Å². The molecule has 0 aliphatic heterocycles. The van der Waals surface area contributed by atoms with Crippen LogP contribution in [0.1, 0.15) is 65.2 Å². The molecule has 2 aliphatic rings. The summed E-state index contributed by atoms with van der Waals surface area (Å²) in [6.45, 7) is 2.47. The highest BCUT2D eigenvalue weighted by Gasteiger charge is 2.51. The number of fused-ring (bicyclic) bond motifs is 2. The van der Waals surface area contributed by atoms with Crippen molar-refractivity contribution in [3.63, 3.8) is 0 Å². The summed E-state index contributed by atoms with van der Waals surface area (Å²) in [6, 6.07) is 5.37. The van der Waals surface area contributed by atoms with E-state index in [1.165, 1.54) is 6.20 Å². The van der Waals surface area contributed by atoms with E-state index in [-0.39, 0.29) is 22.8 Å². The van der Waals surface area contributed by atoms with Gasteiger partial charge in [-0.2, -0.15) is 0 Å². The third-order valence-corrected chi connectivity index (χ3v) is 6.14.